The van der Waals surface area contributed by atoms with E-state index in [4.69, 9.17) is 0 Å². The lowest BCUT2D eigenvalue weighted by Gasteiger charge is -2.18. The van der Waals surface area contributed by atoms with Gasteiger partial charge in [-0.25, -0.2) is 0 Å². The van der Waals surface area contributed by atoms with E-state index in [1.165, 1.54) is 0 Å². The van der Waals surface area contributed by atoms with Crippen molar-refractivity contribution in [2.24, 2.45) is 0 Å². The molecular weight excluding hydrogens is 324 g/mol. The third-order valence-corrected chi connectivity index (χ3v) is 4.77. The number of benzene rings is 1. The number of aromatic nitrogens is 2. The summed E-state index contributed by atoms with van der Waals surface area (Å²) in [5.74, 6) is 0.0803. The summed E-state index contributed by atoms with van der Waals surface area (Å²) in [7, 11) is 0. The van der Waals surface area contributed by atoms with Gasteiger partial charge in [-0.1, -0.05) is 12.1 Å². The molecule has 26 heavy (non-hydrogen) atoms. The number of hydrogen-bond donors (Lipinski definition) is 1. The van der Waals surface area contributed by atoms with Gasteiger partial charge in [-0.3, -0.25) is 9.78 Å². The Kier molecular flexibility index (Phi) is 4.69. The fourth-order valence-electron chi connectivity index (χ4n) is 3.41. The first-order valence-corrected chi connectivity index (χ1v) is 8.94. The van der Waals surface area contributed by atoms with Crippen LogP contribution in [-0.2, 0) is 11.2 Å². The van der Waals surface area contributed by atoms with Crippen LogP contribution in [0.4, 0.5) is 5.69 Å². The molecule has 1 N–H and O–H groups in total. The van der Waals surface area contributed by atoms with Crippen LogP contribution >= 0.6 is 0 Å². The van der Waals surface area contributed by atoms with E-state index in [-0.39, 0.29) is 11.9 Å². The average molecular weight is 346 g/mol. The maximum absolute atomic E-state index is 12.4. The van der Waals surface area contributed by atoms with Crippen molar-refractivity contribution in [2.45, 2.75) is 18.9 Å². The largest absolute Gasteiger partial charge is 0.368 e. The van der Waals surface area contributed by atoms with E-state index in [1.807, 2.05) is 61.1 Å². The van der Waals surface area contributed by atoms with Gasteiger partial charge < -0.3 is 14.8 Å². The van der Waals surface area contributed by atoms with Crippen LogP contribution in [0, 0.1) is 0 Å². The quantitative estimate of drug-likeness (QED) is 0.773. The summed E-state index contributed by atoms with van der Waals surface area (Å²) in [6.45, 7) is 1.78. The standard InChI is InChI=1S/C21H22N4O/c26-21(14-17-5-7-19(8-6-17)24-11-1-2-12-24)23-18-9-13-25(16-18)20-4-3-10-22-15-20/h1-8,10-12,15,18H,9,13-14,16H2,(H,23,26). The molecule has 5 heteroatoms. The van der Waals surface area contributed by atoms with E-state index in [1.54, 1.807) is 6.20 Å². The van der Waals surface area contributed by atoms with Gasteiger partial charge in [0.05, 0.1) is 18.3 Å². The Bertz CT molecular complexity index is 843. The molecule has 4 rings (SSSR count). The number of carbonyl (C=O) groups is 1. The second kappa shape index (κ2) is 7.44. The molecule has 3 heterocycles. The third-order valence-electron chi connectivity index (χ3n) is 4.77. The van der Waals surface area contributed by atoms with Gasteiger partial charge in [0, 0.05) is 43.4 Å². The van der Waals surface area contributed by atoms with Gasteiger partial charge in [0.25, 0.3) is 0 Å². The first kappa shape index (κ1) is 16.4. The van der Waals surface area contributed by atoms with Crippen LogP contribution in [0.2, 0.25) is 0 Å². The molecule has 0 saturated carbocycles. The molecule has 1 amide bonds. The number of carbonyl (C=O) groups excluding carboxylic acids is 1. The number of nitrogens with zero attached hydrogens (tertiary/aromatic N) is 3. The highest BCUT2D eigenvalue weighted by Crippen LogP contribution is 2.19. The molecule has 1 aliphatic heterocycles. The second-order valence-electron chi connectivity index (χ2n) is 6.64. The Balaban J connectivity index is 1.30. The van der Waals surface area contributed by atoms with Crippen LogP contribution < -0.4 is 10.2 Å². The summed E-state index contributed by atoms with van der Waals surface area (Å²) < 4.78 is 2.05. The first-order valence-electron chi connectivity index (χ1n) is 8.94. The maximum atomic E-state index is 12.4. The Labute approximate surface area is 153 Å². The topological polar surface area (TPSA) is 50.2 Å². The lowest BCUT2D eigenvalue weighted by atomic mass is 10.1. The first-order chi connectivity index (χ1) is 12.8. The Morgan fingerprint density at radius 3 is 2.62 bits per heavy atom. The zero-order chi connectivity index (χ0) is 17.8. The molecule has 1 aliphatic rings. The summed E-state index contributed by atoms with van der Waals surface area (Å²) >= 11 is 0. The Hall–Kier alpha value is -3.08. The van der Waals surface area contributed by atoms with Crippen molar-refractivity contribution in [3.05, 3.63) is 78.9 Å². The smallest absolute Gasteiger partial charge is 0.224 e. The van der Waals surface area contributed by atoms with Gasteiger partial charge in [-0.15, -0.1) is 0 Å². The minimum atomic E-state index is 0.0803. The molecule has 0 radical (unpaired) electrons. The minimum absolute atomic E-state index is 0.0803. The van der Waals surface area contributed by atoms with Gasteiger partial charge in [-0.2, -0.15) is 0 Å². The molecule has 5 nitrogen and oxygen atoms in total. The second-order valence-corrected chi connectivity index (χ2v) is 6.64. The molecule has 0 bridgehead atoms. The number of nitrogens with one attached hydrogen (secondary N) is 1. The third kappa shape index (κ3) is 3.77. The van der Waals surface area contributed by atoms with E-state index < -0.39 is 0 Å². The van der Waals surface area contributed by atoms with Crippen LogP contribution in [0.15, 0.2) is 73.3 Å². The SMILES string of the molecule is O=C(Cc1ccc(-n2cccc2)cc1)NC1CCN(c2cccnc2)C1. The van der Waals surface area contributed by atoms with Crippen molar-refractivity contribution in [3.63, 3.8) is 0 Å². The van der Waals surface area contributed by atoms with Crippen molar-refractivity contribution in [2.75, 3.05) is 18.0 Å². The number of hydrogen-bond acceptors (Lipinski definition) is 3. The van der Waals surface area contributed by atoms with Gasteiger partial charge in [-0.05, 0) is 48.4 Å². The number of anilines is 1. The molecule has 3 aromatic rings. The van der Waals surface area contributed by atoms with E-state index in [0.29, 0.717) is 6.42 Å². The van der Waals surface area contributed by atoms with Crippen molar-refractivity contribution in [1.82, 2.24) is 14.9 Å². The summed E-state index contributed by atoms with van der Waals surface area (Å²) in [5, 5.41) is 3.16. The molecule has 1 atom stereocenters. The van der Waals surface area contributed by atoms with Gasteiger partial charge in [0.1, 0.15) is 0 Å². The summed E-state index contributed by atoms with van der Waals surface area (Å²) in [5.41, 5.74) is 3.24. The van der Waals surface area contributed by atoms with Crippen molar-refractivity contribution in [3.8, 4) is 5.69 Å². The normalized spacial score (nSPS) is 16.6. The lowest BCUT2D eigenvalue weighted by Crippen LogP contribution is -2.37. The van der Waals surface area contributed by atoms with Crippen molar-refractivity contribution in [1.29, 1.82) is 0 Å². The van der Waals surface area contributed by atoms with Crippen molar-refractivity contribution < 1.29 is 4.79 Å². The zero-order valence-electron chi connectivity index (χ0n) is 14.6. The van der Waals surface area contributed by atoms with E-state index in [9.17, 15) is 4.79 Å². The highest BCUT2D eigenvalue weighted by Gasteiger charge is 2.24. The van der Waals surface area contributed by atoms with Gasteiger partial charge in [0.2, 0.25) is 5.91 Å². The molecule has 1 fully saturated rings. The number of amides is 1. The van der Waals surface area contributed by atoms with E-state index >= 15 is 0 Å². The van der Waals surface area contributed by atoms with Gasteiger partial charge in [0.15, 0.2) is 0 Å². The summed E-state index contributed by atoms with van der Waals surface area (Å²) in [6, 6.07) is 16.3. The molecule has 1 saturated heterocycles. The monoisotopic (exact) mass is 346 g/mol. The summed E-state index contributed by atoms with van der Waals surface area (Å²) in [4.78, 5) is 18.8. The predicted octanol–water partition coefficient (Wildman–Crippen LogP) is 2.81. The lowest BCUT2D eigenvalue weighted by molar-refractivity contribution is -0.121. The Morgan fingerprint density at radius 1 is 1.08 bits per heavy atom. The molecule has 132 valence electrons. The van der Waals surface area contributed by atoms with Crippen LogP contribution in [0.3, 0.4) is 0 Å². The van der Waals surface area contributed by atoms with Crippen LogP contribution in [0.5, 0.6) is 0 Å². The fourth-order valence-corrected chi connectivity index (χ4v) is 3.41. The molecular formula is C21H22N4O. The van der Waals surface area contributed by atoms with E-state index in [2.05, 4.69) is 25.8 Å². The predicted molar refractivity (Wildman–Crippen MR) is 102 cm³/mol. The molecule has 0 aliphatic carbocycles. The maximum Gasteiger partial charge on any atom is 0.224 e. The zero-order valence-corrected chi connectivity index (χ0v) is 14.6. The van der Waals surface area contributed by atoms with Crippen LogP contribution in [0.1, 0.15) is 12.0 Å². The van der Waals surface area contributed by atoms with Crippen LogP contribution in [-0.4, -0.2) is 34.6 Å². The van der Waals surface area contributed by atoms with E-state index in [0.717, 1.165) is 36.4 Å². The molecule has 2 aromatic heterocycles. The highest BCUT2D eigenvalue weighted by molar-refractivity contribution is 5.79. The molecule has 0 spiro atoms. The molecule has 1 aromatic carbocycles. The van der Waals surface area contributed by atoms with Crippen molar-refractivity contribution >= 4 is 11.6 Å². The number of pyridine rings is 1. The van der Waals surface area contributed by atoms with Gasteiger partial charge >= 0.3 is 0 Å². The average Bonchev–Trinajstić information content (AvgIpc) is 3.35. The minimum Gasteiger partial charge on any atom is -0.368 e. The fraction of sp³-hybridized carbons (Fsp3) is 0.238. The Morgan fingerprint density at radius 2 is 1.88 bits per heavy atom. The highest BCUT2D eigenvalue weighted by atomic mass is 16.1. The number of rotatable bonds is 5. The van der Waals surface area contributed by atoms with Crippen LogP contribution in [0.25, 0.3) is 5.69 Å². The summed E-state index contributed by atoms with van der Waals surface area (Å²) in [6.07, 6.45) is 9.05. The molecule has 1 unspecified atom stereocenters.